The van der Waals surface area contributed by atoms with E-state index in [4.69, 9.17) is 4.74 Å². The van der Waals surface area contributed by atoms with Gasteiger partial charge in [-0.1, -0.05) is 6.07 Å². The van der Waals surface area contributed by atoms with Crippen molar-refractivity contribution in [3.8, 4) is 16.7 Å². The van der Waals surface area contributed by atoms with Gasteiger partial charge in [-0.15, -0.1) is 0 Å². The first-order valence-electron chi connectivity index (χ1n) is 4.64. The van der Waals surface area contributed by atoms with E-state index in [1.165, 1.54) is 6.07 Å². The summed E-state index contributed by atoms with van der Waals surface area (Å²) >= 11 is 0.836. The fraction of sp³-hybridized carbons (Fsp3) is 0.100. The van der Waals surface area contributed by atoms with Crippen molar-refractivity contribution >= 4 is 16.3 Å². The maximum absolute atomic E-state index is 10.5. The van der Waals surface area contributed by atoms with Crippen molar-refractivity contribution in [2.45, 2.75) is 6.92 Å². The Bertz CT molecular complexity index is 567. The Balaban J connectivity index is 2.25. The molecule has 0 bridgehead atoms. The number of phenolic OH excluding ortho intramolecular Hbond substituents is 1. The van der Waals surface area contributed by atoms with Crippen molar-refractivity contribution in [1.82, 2.24) is 4.98 Å². The highest BCUT2D eigenvalue weighted by molar-refractivity contribution is 7.16. The van der Waals surface area contributed by atoms with E-state index in [1.807, 2.05) is 0 Å². The van der Waals surface area contributed by atoms with Gasteiger partial charge in [-0.25, -0.2) is 4.98 Å². The third-order valence-corrected chi connectivity index (χ3v) is 2.93. The summed E-state index contributed by atoms with van der Waals surface area (Å²) in [5.74, 6) is 0.530. The van der Waals surface area contributed by atoms with Crippen LogP contribution in [-0.4, -0.2) is 15.0 Å². The SMILES string of the molecule is Cc1c(O)cccc1Oc1ncc([N+](=O)[O-])s1. The number of rotatable bonds is 3. The molecule has 0 fully saturated rings. The number of ether oxygens (including phenoxy) is 1. The predicted octanol–water partition coefficient (Wildman–Crippen LogP) is 2.86. The minimum atomic E-state index is -0.528. The molecule has 2 rings (SSSR count). The van der Waals surface area contributed by atoms with E-state index < -0.39 is 4.92 Å². The Hall–Kier alpha value is -2.15. The van der Waals surface area contributed by atoms with Crippen molar-refractivity contribution < 1.29 is 14.8 Å². The molecule has 1 heterocycles. The average Bonchev–Trinajstić information content (AvgIpc) is 2.73. The normalized spacial score (nSPS) is 10.2. The van der Waals surface area contributed by atoms with Gasteiger partial charge in [0, 0.05) is 5.56 Å². The Labute approximate surface area is 100 Å². The summed E-state index contributed by atoms with van der Waals surface area (Å²) in [6.07, 6.45) is 1.14. The number of thiazole rings is 1. The lowest BCUT2D eigenvalue weighted by molar-refractivity contribution is -0.380. The first kappa shape index (κ1) is 11.3. The van der Waals surface area contributed by atoms with Crippen LogP contribution in [0.2, 0.25) is 0 Å². The van der Waals surface area contributed by atoms with Crippen LogP contribution in [0.5, 0.6) is 16.7 Å². The molecule has 0 aliphatic heterocycles. The molecule has 0 aliphatic rings. The number of benzene rings is 1. The molecule has 0 radical (unpaired) electrons. The number of nitro groups is 1. The van der Waals surface area contributed by atoms with Crippen LogP contribution in [0.25, 0.3) is 0 Å². The smallest absolute Gasteiger partial charge is 0.347 e. The van der Waals surface area contributed by atoms with E-state index in [1.54, 1.807) is 19.1 Å². The summed E-state index contributed by atoms with van der Waals surface area (Å²) in [6.45, 7) is 1.69. The highest BCUT2D eigenvalue weighted by Crippen LogP contribution is 2.34. The van der Waals surface area contributed by atoms with Crippen molar-refractivity contribution in [3.05, 3.63) is 40.1 Å². The van der Waals surface area contributed by atoms with Gasteiger partial charge in [0.2, 0.25) is 0 Å². The summed E-state index contributed by atoms with van der Waals surface area (Å²) in [6, 6.07) is 4.81. The van der Waals surface area contributed by atoms with Crippen LogP contribution in [0.1, 0.15) is 5.56 Å². The third-order valence-electron chi connectivity index (χ3n) is 2.10. The van der Waals surface area contributed by atoms with Gasteiger partial charge in [0.15, 0.2) is 0 Å². The second kappa shape index (κ2) is 4.38. The molecule has 0 atom stereocenters. The van der Waals surface area contributed by atoms with Gasteiger partial charge in [-0.3, -0.25) is 10.1 Å². The maximum atomic E-state index is 10.5. The van der Waals surface area contributed by atoms with Gasteiger partial charge in [0.1, 0.15) is 17.7 Å². The fourth-order valence-corrected chi connectivity index (χ4v) is 1.78. The number of aromatic nitrogens is 1. The summed E-state index contributed by atoms with van der Waals surface area (Å²) in [4.78, 5) is 13.7. The fourth-order valence-electron chi connectivity index (χ4n) is 1.19. The molecule has 1 N–H and O–H groups in total. The van der Waals surface area contributed by atoms with Gasteiger partial charge < -0.3 is 9.84 Å². The number of hydrogen-bond acceptors (Lipinski definition) is 6. The quantitative estimate of drug-likeness (QED) is 0.670. The summed E-state index contributed by atoms with van der Waals surface area (Å²) in [7, 11) is 0. The number of nitrogens with zero attached hydrogens (tertiary/aromatic N) is 2. The standard InChI is InChI=1S/C10H8N2O4S/c1-6-7(13)3-2-4-8(6)16-10-11-5-9(17-10)12(14)15/h2-5,13H,1H3. The third kappa shape index (κ3) is 2.34. The first-order valence-corrected chi connectivity index (χ1v) is 5.46. The number of hydrogen-bond donors (Lipinski definition) is 1. The molecular weight excluding hydrogens is 244 g/mol. The van der Waals surface area contributed by atoms with Crippen molar-refractivity contribution in [2.24, 2.45) is 0 Å². The Morgan fingerprint density at radius 1 is 1.53 bits per heavy atom. The van der Waals surface area contributed by atoms with E-state index in [0.717, 1.165) is 17.5 Å². The number of phenols is 1. The molecule has 1 aromatic heterocycles. The second-order valence-corrected chi connectivity index (χ2v) is 4.20. The molecule has 2 aromatic rings. The zero-order valence-corrected chi connectivity index (χ0v) is 9.60. The molecular formula is C10H8N2O4S. The van der Waals surface area contributed by atoms with Gasteiger partial charge in [0.05, 0.1) is 4.92 Å². The molecule has 0 amide bonds. The van der Waals surface area contributed by atoms with Crippen LogP contribution < -0.4 is 4.74 Å². The van der Waals surface area contributed by atoms with Crippen LogP contribution in [0.4, 0.5) is 5.00 Å². The van der Waals surface area contributed by atoms with Crippen molar-refractivity contribution in [3.63, 3.8) is 0 Å². The highest BCUT2D eigenvalue weighted by atomic mass is 32.1. The molecule has 0 aliphatic carbocycles. The zero-order valence-electron chi connectivity index (χ0n) is 8.78. The van der Waals surface area contributed by atoms with Crippen molar-refractivity contribution in [1.29, 1.82) is 0 Å². The van der Waals surface area contributed by atoms with Crippen molar-refractivity contribution in [2.75, 3.05) is 0 Å². The minimum Gasteiger partial charge on any atom is -0.508 e. The van der Waals surface area contributed by atoms with Gasteiger partial charge in [0.25, 0.3) is 5.19 Å². The molecule has 1 aromatic carbocycles. The van der Waals surface area contributed by atoms with E-state index in [2.05, 4.69) is 4.98 Å². The van der Waals surface area contributed by atoms with Crippen LogP contribution in [0, 0.1) is 17.0 Å². The van der Waals surface area contributed by atoms with E-state index in [9.17, 15) is 15.2 Å². The molecule has 0 saturated heterocycles. The molecule has 0 spiro atoms. The Kier molecular flexibility index (Phi) is 2.92. The van der Waals surface area contributed by atoms with E-state index in [-0.39, 0.29) is 15.9 Å². The summed E-state index contributed by atoms with van der Waals surface area (Å²) in [5, 5.41) is 20.0. The Morgan fingerprint density at radius 3 is 2.94 bits per heavy atom. The monoisotopic (exact) mass is 252 g/mol. The minimum absolute atomic E-state index is 0.0854. The molecule has 17 heavy (non-hydrogen) atoms. The molecule has 7 heteroatoms. The summed E-state index contributed by atoms with van der Waals surface area (Å²) < 4.78 is 5.36. The number of aromatic hydroxyl groups is 1. The van der Waals surface area contributed by atoms with Crippen LogP contribution in [0.15, 0.2) is 24.4 Å². The van der Waals surface area contributed by atoms with Crippen LogP contribution in [-0.2, 0) is 0 Å². The summed E-state index contributed by atoms with van der Waals surface area (Å²) in [5.41, 5.74) is 0.561. The maximum Gasteiger partial charge on any atom is 0.347 e. The molecule has 0 saturated carbocycles. The lowest BCUT2D eigenvalue weighted by Gasteiger charge is -2.05. The predicted molar refractivity (Wildman–Crippen MR) is 61.7 cm³/mol. The van der Waals surface area contributed by atoms with Crippen LogP contribution in [0.3, 0.4) is 0 Å². The molecule has 0 unspecified atom stereocenters. The van der Waals surface area contributed by atoms with Gasteiger partial charge in [-0.05, 0) is 30.4 Å². The average molecular weight is 252 g/mol. The topological polar surface area (TPSA) is 85.5 Å². The van der Waals surface area contributed by atoms with Gasteiger partial charge >= 0.3 is 5.00 Å². The lowest BCUT2D eigenvalue weighted by atomic mass is 10.2. The van der Waals surface area contributed by atoms with Crippen LogP contribution >= 0.6 is 11.3 Å². The zero-order chi connectivity index (χ0) is 12.4. The lowest BCUT2D eigenvalue weighted by Crippen LogP contribution is -1.86. The van der Waals surface area contributed by atoms with Gasteiger partial charge in [-0.2, -0.15) is 0 Å². The molecule has 6 nitrogen and oxygen atoms in total. The first-order chi connectivity index (χ1) is 8.08. The Morgan fingerprint density at radius 2 is 2.29 bits per heavy atom. The largest absolute Gasteiger partial charge is 0.508 e. The second-order valence-electron chi connectivity index (χ2n) is 3.22. The van der Waals surface area contributed by atoms with E-state index >= 15 is 0 Å². The molecule has 88 valence electrons. The highest BCUT2D eigenvalue weighted by Gasteiger charge is 2.14. The van der Waals surface area contributed by atoms with E-state index in [0.29, 0.717) is 11.3 Å².